The number of ether oxygens (including phenoxy) is 1. The molecular formula is C19H26N2O3. The summed E-state index contributed by atoms with van der Waals surface area (Å²) in [6.07, 6.45) is 7.87. The smallest absolute Gasteiger partial charge is 0.257 e. The zero-order valence-corrected chi connectivity index (χ0v) is 14.1. The minimum Gasteiger partial charge on any atom is -0.484 e. The van der Waals surface area contributed by atoms with E-state index >= 15 is 0 Å². The zero-order valence-electron chi connectivity index (χ0n) is 14.1. The average Bonchev–Trinajstić information content (AvgIpc) is 3.05. The van der Waals surface area contributed by atoms with Gasteiger partial charge < -0.3 is 15.0 Å². The van der Waals surface area contributed by atoms with Crippen molar-refractivity contribution in [2.45, 2.75) is 44.9 Å². The minimum atomic E-state index is -0.0700. The van der Waals surface area contributed by atoms with Gasteiger partial charge in [-0.2, -0.15) is 0 Å². The van der Waals surface area contributed by atoms with Gasteiger partial charge in [0.1, 0.15) is 5.75 Å². The van der Waals surface area contributed by atoms with Gasteiger partial charge in [0.15, 0.2) is 6.61 Å². The van der Waals surface area contributed by atoms with E-state index in [1.807, 2.05) is 24.3 Å². The van der Waals surface area contributed by atoms with Crippen LogP contribution in [0, 0.1) is 5.92 Å². The third-order valence-electron chi connectivity index (χ3n) is 4.90. The first kappa shape index (κ1) is 16.8. The van der Waals surface area contributed by atoms with Crippen LogP contribution in [0.3, 0.4) is 0 Å². The standard InChI is InChI=1S/C19H26N2O3/c22-18(20-13-15-5-2-1-3-6-15)14-24-17-10-8-16(9-11-17)21-12-4-7-19(21)23/h8-11,15H,1-7,12-14H2,(H,20,22). The molecule has 2 aliphatic rings. The van der Waals surface area contributed by atoms with E-state index in [-0.39, 0.29) is 18.4 Å². The fraction of sp³-hybridized carbons (Fsp3) is 0.579. The summed E-state index contributed by atoms with van der Waals surface area (Å²) in [7, 11) is 0. The van der Waals surface area contributed by atoms with E-state index < -0.39 is 0 Å². The summed E-state index contributed by atoms with van der Waals surface area (Å²) in [5.41, 5.74) is 0.895. The molecule has 3 rings (SSSR count). The maximum absolute atomic E-state index is 11.9. The first-order valence-corrected chi connectivity index (χ1v) is 9.02. The monoisotopic (exact) mass is 330 g/mol. The number of nitrogens with one attached hydrogen (secondary N) is 1. The normalized spacial score (nSPS) is 18.7. The average molecular weight is 330 g/mol. The van der Waals surface area contributed by atoms with Crippen molar-refractivity contribution in [3.63, 3.8) is 0 Å². The lowest BCUT2D eigenvalue weighted by Gasteiger charge is -2.21. The molecule has 1 aromatic rings. The first-order chi connectivity index (χ1) is 11.7. The number of nitrogens with zero attached hydrogens (tertiary/aromatic N) is 1. The predicted octanol–water partition coefficient (Wildman–Crippen LogP) is 2.89. The minimum absolute atomic E-state index is 0.0364. The van der Waals surface area contributed by atoms with Gasteiger partial charge in [-0.1, -0.05) is 19.3 Å². The lowest BCUT2D eigenvalue weighted by molar-refractivity contribution is -0.123. The molecule has 1 saturated heterocycles. The molecule has 2 amide bonds. The lowest BCUT2D eigenvalue weighted by atomic mass is 9.89. The second-order valence-corrected chi connectivity index (χ2v) is 6.74. The topological polar surface area (TPSA) is 58.6 Å². The van der Waals surface area contributed by atoms with E-state index in [1.165, 1.54) is 32.1 Å². The molecule has 130 valence electrons. The van der Waals surface area contributed by atoms with Gasteiger partial charge in [-0.25, -0.2) is 0 Å². The van der Waals surface area contributed by atoms with Crippen molar-refractivity contribution in [2.75, 3.05) is 24.6 Å². The van der Waals surface area contributed by atoms with Gasteiger partial charge in [0.05, 0.1) is 0 Å². The highest BCUT2D eigenvalue weighted by Gasteiger charge is 2.21. The van der Waals surface area contributed by atoms with Crippen LogP contribution in [-0.2, 0) is 9.59 Å². The fourth-order valence-corrected chi connectivity index (χ4v) is 3.49. The van der Waals surface area contributed by atoms with Crippen molar-refractivity contribution >= 4 is 17.5 Å². The van der Waals surface area contributed by atoms with Crippen LogP contribution in [0.5, 0.6) is 5.75 Å². The summed E-state index contributed by atoms with van der Waals surface area (Å²) in [5, 5.41) is 2.97. The van der Waals surface area contributed by atoms with Gasteiger partial charge in [-0.15, -0.1) is 0 Å². The van der Waals surface area contributed by atoms with E-state index in [2.05, 4.69) is 5.32 Å². The fourth-order valence-electron chi connectivity index (χ4n) is 3.49. The Hall–Kier alpha value is -2.04. The predicted molar refractivity (Wildman–Crippen MR) is 93.1 cm³/mol. The summed E-state index contributed by atoms with van der Waals surface area (Å²) in [4.78, 5) is 25.4. The quantitative estimate of drug-likeness (QED) is 0.872. The summed E-state index contributed by atoms with van der Waals surface area (Å²) in [6, 6.07) is 7.38. The van der Waals surface area contributed by atoms with E-state index in [9.17, 15) is 9.59 Å². The number of hydrogen-bond acceptors (Lipinski definition) is 3. The molecule has 24 heavy (non-hydrogen) atoms. The number of rotatable bonds is 6. The molecule has 0 aromatic heterocycles. The Kier molecular flexibility index (Phi) is 5.72. The molecular weight excluding hydrogens is 304 g/mol. The van der Waals surface area contributed by atoms with Crippen LogP contribution in [0.25, 0.3) is 0 Å². The molecule has 1 heterocycles. The van der Waals surface area contributed by atoms with Gasteiger partial charge in [0.25, 0.3) is 5.91 Å². The van der Waals surface area contributed by atoms with Crippen LogP contribution in [0.15, 0.2) is 24.3 Å². The first-order valence-electron chi connectivity index (χ1n) is 9.02. The highest BCUT2D eigenvalue weighted by molar-refractivity contribution is 5.95. The number of hydrogen-bond donors (Lipinski definition) is 1. The molecule has 0 bridgehead atoms. The van der Waals surface area contributed by atoms with Gasteiger partial charge in [0, 0.05) is 25.2 Å². The Balaban J connectivity index is 1.41. The number of benzene rings is 1. The summed E-state index contributed by atoms with van der Waals surface area (Å²) >= 11 is 0. The Bertz CT molecular complexity index is 564. The SMILES string of the molecule is O=C(COc1ccc(N2CCCC2=O)cc1)NCC1CCCCC1. The van der Waals surface area contributed by atoms with Gasteiger partial charge in [-0.3, -0.25) is 9.59 Å². The van der Waals surface area contributed by atoms with Crippen LogP contribution in [0.1, 0.15) is 44.9 Å². The van der Waals surface area contributed by atoms with E-state index in [4.69, 9.17) is 4.74 Å². The summed E-state index contributed by atoms with van der Waals surface area (Å²) in [6.45, 7) is 1.58. The van der Waals surface area contributed by atoms with Crippen molar-refractivity contribution in [3.05, 3.63) is 24.3 Å². The van der Waals surface area contributed by atoms with Crippen molar-refractivity contribution in [3.8, 4) is 5.75 Å². The highest BCUT2D eigenvalue weighted by atomic mass is 16.5. The van der Waals surface area contributed by atoms with Gasteiger partial charge >= 0.3 is 0 Å². The molecule has 0 radical (unpaired) electrons. The third-order valence-corrected chi connectivity index (χ3v) is 4.90. The van der Waals surface area contributed by atoms with E-state index in [0.29, 0.717) is 18.1 Å². The van der Waals surface area contributed by atoms with Crippen molar-refractivity contribution in [1.82, 2.24) is 5.32 Å². The van der Waals surface area contributed by atoms with E-state index in [0.717, 1.165) is 25.2 Å². The van der Waals surface area contributed by atoms with Crippen molar-refractivity contribution < 1.29 is 14.3 Å². The van der Waals surface area contributed by atoms with Gasteiger partial charge in [-0.05, 0) is 49.4 Å². The Labute approximate surface area is 143 Å². The zero-order chi connectivity index (χ0) is 16.8. The maximum Gasteiger partial charge on any atom is 0.257 e. The molecule has 1 saturated carbocycles. The number of amides is 2. The van der Waals surface area contributed by atoms with Crippen LogP contribution in [-0.4, -0.2) is 31.5 Å². The third kappa shape index (κ3) is 4.49. The summed E-state index contributed by atoms with van der Waals surface area (Å²) in [5.74, 6) is 1.38. The van der Waals surface area contributed by atoms with Crippen LogP contribution >= 0.6 is 0 Å². The number of carbonyl (C=O) groups is 2. The molecule has 5 heteroatoms. The maximum atomic E-state index is 11.9. The van der Waals surface area contributed by atoms with Crippen molar-refractivity contribution in [2.24, 2.45) is 5.92 Å². The molecule has 2 fully saturated rings. The molecule has 5 nitrogen and oxygen atoms in total. The van der Waals surface area contributed by atoms with Crippen molar-refractivity contribution in [1.29, 1.82) is 0 Å². The molecule has 1 N–H and O–H groups in total. The van der Waals surface area contributed by atoms with Crippen LogP contribution in [0.2, 0.25) is 0 Å². The molecule has 0 unspecified atom stereocenters. The molecule has 1 aliphatic heterocycles. The second-order valence-electron chi connectivity index (χ2n) is 6.74. The second kappa shape index (κ2) is 8.18. The Morgan fingerprint density at radius 2 is 1.88 bits per heavy atom. The highest BCUT2D eigenvalue weighted by Crippen LogP contribution is 2.24. The molecule has 0 spiro atoms. The number of carbonyl (C=O) groups excluding carboxylic acids is 2. The Morgan fingerprint density at radius 3 is 2.54 bits per heavy atom. The van der Waals surface area contributed by atoms with Crippen LogP contribution < -0.4 is 15.0 Å². The van der Waals surface area contributed by atoms with E-state index in [1.54, 1.807) is 4.90 Å². The van der Waals surface area contributed by atoms with Crippen LogP contribution in [0.4, 0.5) is 5.69 Å². The van der Waals surface area contributed by atoms with Gasteiger partial charge in [0.2, 0.25) is 5.91 Å². The lowest BCUT2D eigenvalue weighted by Crippen LogP contribution is -2.33. The molecule has 1 aliphatic carbocycles. The molecule has 1 aromatic carbocycles. The Morgan fingerprint density at radius 1 is 1.12 bits per heavy atom. The number of anilines is 1. The largest absolute Gasteiger partial charge is 0.484 e. The molecule has 0 atom stereocenters. The summed E-state index contributed by atoms with van der Waals surface area (Å²) < 4.78 is 5.54.